The van der Waals surface area contributed by atoms with Gasteiger partial charge in [-0.2, -0.15) is 0 Å². The van der Waals surface area contributed by atoms with E-state index < -0.39 is 0 Å². The lowest BCUT2D eigenvalue weighted by atomic mass is 10.1. The van der Waals surface area contributed by atoms with Crippen molar-refractivity contribution in [3.05, 3.63) is 90.0 Å². The van der Waals surface area contributed by atoms with Crippen LogP contribution in [0.2, 0.25) is 0 Å². The summed E-state index contributed by atoms with van der Waals surface area (Å²) in [6, 6.07) is 23.1. The lowest BCUT2D eigenvalue weighted by Gasteiger charge is -2.10. The summed E-state index contributed by atoms with van der Waals surface area (Å²) in [6.07, 6.45) is 0. The fourth-order valence-corrected chi connectivity index (χ4v) is 2.87. The van der Waals surface area contributed by atoms with E-state index in [4.69, 9.17) is 14.2 Å². The average Bonchev–Trinajstić information content (AvgIpc) is 2.83. The van der Waals surface area contributed by atoms with E-state index in [1.54, 1.807) is 55.6 Å². The molecule has 0 aliphatic carbocycles. The molecule has 0 atom stereocenters. The molecule has 0 unspecified atom stereocenters. The minimum Gasteiger partial charge on any atom is -0.490 e. The van der Waals surface area contributed by atoms with Gasteiger partial charge in [0.05, 0.1) is 6.61 Å². The lowest BCUT2D eigenvalue weighted by Crippen LogP contribution is -2.27. The fourth-order valence-electron chi connectivity index (χ4n) is 2.87. The molecule has 3 aromatic carbocycles. The number of carbonyl (C=O) groups excluding carboxylic acids is 2. The molecule has 2 amide bonds. The van der Waals surface area contributed by atoms with E-state index in [0.717, 1.165) is 5.75 Å². The number of hydrogen-bond acceptors (Lipinski definition) is 5. The van der Waals surface area contributed by atoms with Gasteiger partial charge in [-0.15, -0.1) is 0 Å². The third-order valence-electron chi connectivity index (χ3n) is 4.43. The monoisotopic (exact) mass is 434 g/mol. The summed E-state index contributed by atoms with van der Waals surface area (Å²) in [5, 5.41) is 5.56. The number of benzene rings is 3. The van der Waals surface area contributed by atoms with Gasteiger partial charge in [0.1, 0.15) is 24.7 Å². The number of anilines is 1. The first-order valence-corrected chi connectivity index (χ1v) is 10.2. The molecule has 0 fully saturated rings. The summed E-state index contributed by atoms with van der Waals surface area (Å²) in [5.41, 5.74) is 1.42. The molecule has 0 saturated carbocycles. The number of hydrogen-bond donors (Lipinski definition) is 2. The maximum Gasteiger partial charge on any atom is 0.255 e. The Labute approximate surface area is 187 Å². The molecule has 3 aromatic rings. The number of ether oxygens (including phenoxy) is 3. The zero-order valence-electron chi connectivity index (χ0n) is 17.9. The van der Waals surface area contributed by atoms with Gasteiger partial charge in [0.15, 0.2) is 0 Å². The van der Waals surface area contributed by atoms with Crippen LogP contribution in [0.15, 0.2) is 78.9 Å². The number of methoxy groups -OCH3 is 1. The zero-order chi connectivity index (χ0) is 22.6. The van der Waals surface area contributed by atoms with Crippen molar-refractivity contribution >= 4 is 17.5 Å². The first-order chi connectivity index (χ1) is 15.7. The molecule has 0 heterocycles. The molecule has 0 bridgehead atoms. The summed E-state index contributed by atoms with van der Waals surface area (Å²) in [7, 11) is 1.57. The van der Waals surface area contributed by atoms with Crippen molar-refractivity contribution in [2.75, 3.05) is 38.8 Å². The van der Waals surface area contributed by atoms with Crippen LogP contribution in [0.3, 0.4) is 0 Å². The predicted octanol–water partition coefficient (Wildman–Crippen LogP) is 3.77. The minimum absolute atomic E-state index is 0.230. The minimum atomic E-state index is -0.298. The Bertz CT molecular complexity index is 1020. The second-order valence-electron chi connectivity index (χ2n) is 6.82. The molecule has 0 aliphatic rings. The number of nitrogens with one attached hydrogen (secondary N) is 2. The van der Waals surface area contributed by atoms with Crippen molar-refractivity contribution in [2.24, 2.45) is 0 Å². The molecule has 0 aliphatic heterocycles. The summed E-state index contributed by atoms with van der Waals surface area (Å²) in [4.78, 5) is 24.8. The highest BCUT2D eigenvalue weighted by molar-refractivity contribution is 6.05. The highest BCUT2D eigenvalue weighted by Gasteiger charge is 2.10. The highest BCUT2D eigenvalue weighted by atomic mass is 16.5. The van der Waals surface area contributed by atoms with E-state index in [-0.39, 0.29) is 11.8 Å². The van der Waals surface area contributed by atoms with Crippen molar-refractivity contribution in [3.8, 4) is 11.5 Å². The molecule has 32 heavy (non-hydrogen) atoms. The van der Waals surface area contributed by atoms with Crippen LogP contribution in [-0.4, -0.2) is 45.3 Å². The highest BCUT2D eigenvalue weighted by Crippen LogP contribution is 2.17. The van der Waals surface area contributed by atoms with Crippen molar-refractivity contribution in [3.63, 3.8) is 0 Å². The standard InChI is InChI=1S/C25H26N2O5/c1-30-14-13-26-24(28)19-7-5-9-21(17-19)27-25(29)20-8-6-12-23(18-20)32-16-15-31-22-10-3-2-4-11-22/h2-12,17-18H,13-16H2,1H3,(H,26,28)(H,27,29). The Balaban J connectivity index is 1.53. The zero-order valence-corrected chi connectivity index (χ0v) is 17.9. The third-order valence-corrected chi connectivity index (χ3v) is 4.43. The van der Waals surface area contributed by atoms with Gasteiger partial charge in [0, 0.05) is 30.5 Å². The topological polar surface area (TPSA) is 85.9 Å². The SMILES string of the molecule is COCCNC(=O)c1cccc(NC(=O)c2cccc(OCCOc3ccccc3)c2)c1. The molecule has 0 aromatic heterocycles. The van der Waals surface area contributed by atoms with Gasteiger partial charge in [0.2, 0.25) is 0 Å². The van der Waals surface area contributed by atoms with Gasteiger partial charge in [-0.05, 0) is 48.5 Å². The quantitative estimate of drug-likeness (QED) is 0.449. The molecule has 7 heteroatoms. The number of para-hydroxylation sites is 1. The fraction of sp³-hybridized carbons (Fsp3) is 0.200. The Kier molecular flexibility index (Phi) is 8.65. The van der Waals surface area contributed by atoms with Crippen molar-refractivity contribution in [2.45, 2.75) is 0 Å². The maximum atomic E-state index is 12.7. The van der Waals surface area contributed by atoms with Gasteiger partial charge >= 0.3 is 0 Å². The van der Waals surface area contributed by atoms with Crippen LogP contribution in [0.1, 0.15) is 20.7 Å². The first kappa shape index (κ1) is 22.8. The average molecular weight is 434 g/mol. The van der Waals surface area contributed by atoms with E-state index in [1.165, 1.54) is 0 Å². The van der Waals surface area contributed by atoms with E-state index in [9.17, 15) is 9.59 Å². The number of amides is 2. The second kappa shape index (κ2) is 12.1. The smallest absolute Gasteiger partial charge is 0.255 e. The Hall–Kier alpha value is -3.84. The van der Waals surface area contributed by atoms with Gasteiger partial charge < -0.3 is 24.8 Å². The molecular weight excluding hydrogens is 408 g/mol. The van der Waals surface area contributed by atoms with Gasteiger partial charge in [0.25, 0.3) is 11.8 Å². The van der Waals surface area contributed by atoms with Gasteiger partial charge in [-0.3, -0.25) is 9.59 Å². The number of carbonyl (C=O) groups is 2. The van der Waals surface area contributed by atoms with Crippen molar-refractivity contribution < 1.29 is 23.8 Å². The van der Waals surface area contributed by atoms with Crippen LogP contribution >= 0.6 is 0 Å². The molecule has 0 radical (unpaired) electrons. The second-order valence-corrected chi connectivity index (χ2v) is 6.82. The molecular formula is C25H26N2O5. The number of rotatable bonds is 11. The summed E-state index contributed by atoms with van der Waals surface area (Å²) in [5.74, 6) is 0.818. The summed E-state index contributed by atoms with van der Waals surface area (Å²) in [6.45, 7) is 1.58. The van der Waals surface area contributed by atoms with Crippen LogP contribution in [0.4, 0.5) is 5.69 Å². The normalized spacial score (nSPS) is 10.3. The van der Waals surface area contributed by atoms with Crippen LogP contribution in [0.5, 0.6) is 11.5 Å². The molecule has 2 N–H and O–H groups in total. The molecule has 3 rings (SSSR count). The van der Waals surface area contributed by atoms with E-state index in [2.05, 4.69) is 10.6 Å². The van der Waals surface area contributed by atoms with E-state index >= 15 is 0 Å². The third kappa shape index (κ3) is 7.14. The summed E-state index contributed by atoms with van der Waals surface area (Å²) < 4.78 is 16.2. The van der Waals surface area contributed by atoms with Crippen LogP contribution < -0.4 is 20.1 Å². The maximum absolute atomic E-state index is 12.7. The van der Waals surface area contributed by atoms with Crippen LogP contribution in [-0.2, 0) is 4.74 Å². The Morgan fingerprint density at radius 1 is 0.719 bits per heavy atom. The lowest BCUT2D eigenvalue weighted by molar-refractivity contribution is 0.0936. The summed E-state index contributed by atoms with van der Waals surface area (Å²) >= 11 is 0. The van der Waals surface area contributed by atoms with E-state index in [1.807, 2.05) is 30.3 Å². The van der Waals surface area contributed by atoms with Gasteiger partial charge in [-0.25, -0.2) is 0 Å². The molecule has 7 nitrogen and oxygen atoms in total. The molecule has 0 saturated heterocycles. The predicted molar refractivity (Wildman–Crippen MR) is 122 cm³/mol. The van der Waals surface area contributed by atoms with E-state index in [0.29, 0.717) is 48.9 Å². The van der Waals surface area contributed by atoms with Crippen molar-refractivity contribution in [1.82, 2.24) is 5.32 Å². The largest absolute Gasteiger partial charge is 0.490 e. The van der Waals surface area contributed by atoms with Crippen molar-refractivity contribution in [1.29, 1.82) is 0 Å². The molecule has 0 spiro atoms. The van der Waals surface area contributed by atoms with Crippen LogP contribution in [0.25, 0.3) is 0 Å². The first-order valence-electron chi connectivity index (χ1n) is 10.2. The Morgan fingerprint density at radius 3 is 2.12 bits per heavy atom. The van der Waals surface area contributed by atoms with Crippen LogP contribution in [0, 0.1) is 0 Å². The Morgan fingerprint density at radius 2 is 1.38 bits per heavy atom. The molecule has 166 valence electrons. The van der Waals surface area contributed by atoms with Gasteiger partial charge in [-0.1, -0.05) is 30.3 Å².